The number of nitrogens with two attached hydrogens (primary N) is 1. The largest absolute Gasteiger partial charge is 0.327 e. The third-order valence-electron chi connectivity index (χ3n) is 2.73. The van der Waals surface area contributed by atoms with Gasteiger partial charge >= 0.3 is 0 Å². The van der Waals surface area contributed by atoms with Crippen LogP contribution in [0.2, 0.25) is 0 Å². The van der Waals surface area contributed by atoms with E-state index < -0.39 is 0 Å². The van der Waals surface area contributed by atoms with Crippen LogP contribution in [0.25, 0.3) is 0 Å². The van der Waals surface area contributed by atoms with Crippen LogP contribution in [0.4, 0.5) is 0 Å². The number of rotatable bonds is 6. The minimum absolute atomic E-state index is 0.282. The van der Waals surface area contributed by atoms with Crippen LogP contribution in [0.1, 0.15) is 66.2 Å². The van der Waals surface area contributed by atoms with E-state index in [4.69, 9.17) is 5.73 Å². The lowest BCUT2D eigenvalue weighted by Gasteiger charge is -2.26. The zero-order valence-electron chi connectivity index (χ0n) is 9.90. The van der Waals surface area contributed by atoms with Crippen molar-refractivity contribution in [3.63, 3.8) is 0 Å². The molecule has 2 N–H and O–H groups in total. The minimum atomic E-state index is 0.282. The van der Waals surface area contributed by atoms with Crippen LogP contribution in [-0.2, 0) is 0 Å². The maximum Gasteiger partial charge on any atom is 0.00876 e. The van der Waals surface area contributed by atoms with Gasteiger partial charge in [0.05, 0.1) is 0 Å². The van der Waals surface area contributed by atoms with E-state index in [0.717, 1.165) is 0 Å². The summed E-state index contributed by atoms with van der Waals surface area (Å²) in [7, 11) is 0. The van der Waals surface area contributed by atoms with Crippen LogP contribution < -0.4 is 5.73 Å². The quantitative estimate of drug-likeness (QED) is 0.627. The third-order valence-corrected chi connectivity index (χ3v) is 2.73. The summed E-state index contributed by atoms with van der Waals surface area (Å²) in [6.07, 6.45) is 7.94. The molecular formula is C12H27N. The van der Waals surface area contributed by atoms with Crippen LogP contribution in [0.3, 0.4) is 0 Å². The summed E-state index contributed by atoms with van der Waals surface area (Å²) in [5.41, 5.74) is 6.35. The molecule has 1 atom stereocenters. The first kappa shape index (κ1) is 13.0. The van der Waals surface area contributed by atoms with Gasteiger partial charge in [0.2, 0.25) is 0 Å². The predicted octanol–water partition coefficient (Wildman–Crippen LogP) is 3.72. The number of hydrogen-bond acceptors (Lipinski definition) is 1. The van der Waals surface area contributed by atoms with E-state index in [2.05, 4.69) is 27.7 Å². The van der Waals surface area contributed by atoms with Crippen molar-refractivity contribution in [2.45, 2.75) is 72.3 Å². The first-order chi connectivity index (χ1) is 5.98. The van der Waals surface area contributed by atoms with Crippen LogP contribution >= 0.6 is 0 Å². The average Bonchev–Trinajstić information content (AvgIpc) is 2.02. The van der Waals surface area contributed by atoms with Crippen molar-refractivity contribution >= 4 is 0 Å². The lowest BCUT2D eigenvalue weighted by molar-refractivity contribution is 0.298. The van der Waals surface area contributed by atoms with Crippen LogP contribution in [0.5, 0.6) is 0 Å². The Morgan fingerprint density at radius 1 is 1.00 bits per heavy atom. The Labute approximate surface area is 84.1 Å². The summed E-state index contributed by atoms with van der Waals surface area (Å²) in [5, 5.41) is 0. The monoisotopic (exact) mass is 185 g/mol. The Morgan fingerprint density at radius 2 is 1.54 bits per heavy atom. The molecule has 0 unspecified atom stereocenters. The van der Waals surface area contributed by atoms with Crippen LogP contribution in [-0.4, -0.2) is 6.04 Å². The highest BCUT2D eigenvalue weighted by Crippen LogP contribution is 2.21. The van der Waals surface area contributed by atoms with E-state index >= 15 is 0 Å². The molecule has 0 bridgehead atoms. The summed E-state index contributed by atoms with van der Waals surface area (Å²) < 4.78 is 0. The maximum atomic E-state index is 6.07. The van der Waals surface area contributed by atoms with Gasteiger partial charge in [0.15, 0.2) is 0 Å². The molecule has 0 aromatic carbocycles. The number of unbranched alkanes of at least 4 members (excludes halogenated alkanes) is 4. The van der Waals surface area contributed by atoms with E-state index in [1.54, 1.807) is 0 Å². The van der Waals surface area contributed by atoms with Crippen molar-refractivity contribution in [1.29, 1.82) is 0 Å². The summed E-state index contributed by atoms with van der Waals surface area (Å²) in [6, 6.07) is 0.370. The van der Waals surface area contributed by atoms with E-state index in [1.165, 1.54) is 38.5 Å². The molecule has 0 aromatic heterocycles. The molecule has 0 fully saturated rings. The first-order valence-electron chi connectivity index (χ1n) is 5.74. The molecule has 0 aliphatic carbocycles. The van der Waals surface area contributed by atoms with Crippen molar-refractivity contribution in [3.05, 3.63) is 0 Å². The van der Waals surface area contributed by atoms with Crippen molar-refractivity contribution < 1.29 is 0 Å². The van der Waals surface area contributed by atoms with Crippen LogP contribution in [0, 0.1) is 5.41 Å². The van der Waals surface area contributed by atoms with E-state index in [0.29, 0.717) is 6.04 Å². The Kier molecular flexibility index (Phi) is 6.40. The Bertz CT molecular complexity index is 113. The summed E-state index contributed by atoms with van der Waals surface area (Å²) >= 11 is 0. The molecule has 0 heterocycles. The standard InChI is InChI=1S/C12H27N/c1-5-6-7-8-9-10-11(13)12(2,3)4/h11H,5-10,13H2,1-4H3/t11-/m0/s1. The minimum Gasteiger partial charge on any atom is -0.327 e. The van der Waals surface area contributed by atoms with Gasteiger partial charge in [-0.25, -0.2) is 0 Å². The highest BCUT2D eigenvalue weighted by molar-refractivity contribution is 4.76. The first-order valence-corrected chi connectivity index (χ1v) is 5.74. The molecular weight excluding hydrogens is 158 g/mol. The van der Waals surface area contributed by atoms with Crippen molar-refractivity contribution in [2.75, 3.05) is 0 Å². The van der Waals surface area contributed by atoms with Crippen molar-refractivity contribution in [3.8, 4) is 0 Å². The Hall–Kier alpha value is -0.0400. The fraction of sp³-hybridized carbons (Fsp3) is 1.00. The second-order valence-corrected chi connectivity index (χ2v) is 5.18. The molecule has 0 aromatic rings. The van der Waals surface area contributed by atoms with Crippen molar-refractivity contribution in [2.24, 2.45) is 11.1 Å². The van der Waals surface area contributed by atoms with Gasteiger partial charge in [0, 0.05) is 6.04 Å². The smallest absolute Gasteiger partial charge is 0.00876 e. The topological polar surface area (TPSA) is 26.0 Å². The summed E-state index contributed by atoms with van der Waals surface area (Å²) in [6.45, 7) is 8.93. The Morgan fingerprint density at radius 3 is 2.00 bits per heavy atom. The zero-order chi connectivity index (χ0) is 10.3. The predicted molar refractivity (Wildman–Crippen MR) is 60.8 cm³/mol. The normalized spacial score (nSPS) is 14.5. The van der Waals surface area contributed by atoms with E-state index in [1.807, 2.05) is 0 Å². The van der Waals surface area contributed by atoms with Crippen LogP contribution in [0.15, 0.2) is 0 Å². The molecule has 13 heavy (non-hydrogen) atoms. The van der Waals surface area contributed by atoms with Gasteiger partial charge in [0.1, 0.15) is 0 Å². The van der Waals surface area contributed by atoms with Gasteiger partial charge in [-0.1, -0.05) is 59.8 Å². The molecule has 0 amide bonds. The lowest BCUT2D eigenvalue weighted by Crippen LogP contribution is -2.34. The highest BCUT2D eigenvalue weighted by Gasteiger charge is 2.19. The van der Waals surface area contributed by atoms with Gasteiger partial charge in [-0.05, 0) is 11.8 Å². The van der Waals surface area contributed by atoms with Gasteiger partial charge in [-0.2, -0.15) is 0 Å². The van der Waals surface area contributed by atoms with Gasteiger partial charge in [-0.3, -0.25) is 0 Å². The van der Waals surface area contributed by atoms with Crippen molar-refractivity contribution in [1.82, 2.24) is 0 Å². The SMILES string of the molecule is CCCCCCC[C@H](N)C(C)(C)C. The molecule has 0 aliphatic rings. The molecule has 1 heteroatoms. The van der Waals surface area contributed by atoms with Gasteiger partial charge in [0.25, 0.3) is 0 Å². The highest BCUT2D eigenvalue weighted by atomic mass is 14.7. The van der Waals surface area contributed by atoms with Gasteiger partial charge < -0.3 is 5.73 Å². The summed E-state index contributed by atoms with van der Waals surface area (Å²) in [4.78, 5) is 0. The molecule has 0 saturated heterocycles. The zero-order valence-corrected chi connectivity index (χ0v) is 9.90. The fourth-order valence-corrected chi connectivity index (χ4v) is 1.40. The third kappa shape index (κ3) is 7.06. The average molecular weight is 185 g/mol. The molecule has 0 spiro atoms. The van der Waals surface area contributed by atoms with E-state index in [-0.39, 0.29) is 5.41 Å². The maximum absolute atomic E-state index is 6.07. The second-order valence-electron chi connectivity index (χ2n) is 5.18. The molecule has 0 aliphatic heterocycles. The van der Waals surface area contributed by atoms with Gasteiger partial charge in [-0.15, -0.1) is 0 Å². The molecule has 0 radical (unpaired) electrons. The summed E-state index contributed by atoms with van der Waals surface area (Å²) in [5.74, 6) is 0. The second kappa shape index (κ2) is 6.42. The lowest BCUT2D eigenvalue weighted by atomic mass is 9.84. The Balaban J connectivity index is 3.32. The molecule has 0 rings (SSSR count). The number of hydrogen-bond donors (Lipinski definition) is 1. The molecule has 80 valence electrons. The molecule has 0 saturated carbocycles. The fourth-order valence-electron chi connectivity index (χ4n) is 1.40. The molecule has 1 nitrogen and oxygen atoms in total. The van der Waals surface area contributed by atoms with E-state index in [9.17, 15) is 0 Å².